The lowest BCUT2D eigenvalue weighted by Crippen LogP contribution is -1.97. The van der Waals surface area contributed by atoms with Crippen molar-refractivity contribution in [3.8, 4) is 11.3 Å². The van der Waals surface area contributed by atoms with E-state index in [0.717, 1.165) is 0 Å². The van der Waals surface area contributed by atoms with E-state index in [-0.39, 0.29) is 5.56 Å². The summed E-state index contributed by atoms with van der Waals surface area (Å²) in [6.07, 6.45) is 1.47. The zero-order valence-electron chi connectivity index (χ0n) is 10.2. The van der Waals surface area contributed by atoms with Crippen LogP contribution in [0.25, 0.3) is 22.3 Å². The molecule has 0 aliphatic carbocycles. The topological polar surface area (TPSA) is 63.1 Å². The second kappa shape index (κ2) is 4.70. The summed E-state index contributed by atoms with van der Waals surface area (Å²) in [6.45, 7) is 0. The van der Waals surface area contributed by atoms with Gasteiger partial charge in [-0.25, -0.2) is 14.2 Å². The molecule has 5 heteroatoms. The molecule has 0 saturated heterocycles. The Bertz CT molecular complexity index is 818. The predicted molar refractivity (Wildman–Crippen MR) is 71.9 cm³/mol. The number of nitrogens with zero attached hydrogens (tertiary/aromatic N) is 2. The Balaban J connectivity index is 2.19. The first-order chi connectivity index (χ1) is 9.65. The van der Waals surface area contributed by atoms with Crippen molar-refractivity contribution in [3.63, 3.8) is 0 Å². The van der Waals surface area contributed by atoms with Crippen molar-refractivity contribution in [1.82, 2.24) is 9.97 Å². The molecule has 0 amide bonds. The summed E-state index contributed by atoms with van der Waals surface area (Å²) in [4.78, 5) is 19.4. The zero-order valence-corrected chi connectivity index (χ0v) is 10.2. The van der Waals surface area contributed by atoms with Gasteiger partial charge in [-0.05, 0) is 30.3 Å². The summed E-state index contributed by atoms with van der Waals surface area (Å²) in [6, 6.07) is 10.7. The zero-order chi connectivity index (χ0) is 14.1. The molecule has 98 valence electrons. The lowest BCUT2D eigenvalue weighted by Gasteiger charge is -2.04. The van der Waals surface area contributed by atoms with E-state index in [9.17, 15) is 9.18 Å². The summed E-state index contributed by atoms with van der Waals surface area (Å²) >= 11 is 0. The third-order valence-corrected chi connectivity index (χ3v) is 2.94. The van der Waals surface area contributed by atoms with E-state index in [0.29, 0.717) is 22.3 Å². The van der Waals surface area contributed by atoms with E-state index < -0.39 is 11.8 Å². The van der Waals surface area contributed by atoms with Crippen LogP contribution in [0, 0.1) is 5.82 Å². The third kappa shape index (κ3) is 2.09. The Hall–Kier alpha value is -2.82. The largest absolute Gasteiger partial charge is 0.478 e. The van der Waals surface area contributed by atoms with Gasteiger partial charge in [0.25, 0.3) is 0 Å². The van der Waals surface area contributed by atoms with E-state index >= 15 is 0 Å². The number of hydrogen-bond acceptors (Lipinski definition) is 3. The van der Waals surface area contributed by atoms with Gasteiger partial charge in [0.1, 0.15) is 5.82 Å². The van der Waals surface area contributed by atoms with E-state index in [1.54, 1.807) is 24.3 Å². The molecule has 1 aromatic heterocycles. The molecule has 1 heterocycles. The number of benzene rings is 2. The molecule has 20 heavy (non-hydrogen) atoms. The highest BCUT2D eigenvalue weighted by Gasteiger charge is 2.09. The molecule has 0 atom stereocenters. The second-order valence-corrected chi connectivity index (χ2v) is 4.24. The second-order valence-electron chi connectivity index (χ2n) is 4.24. The summed E-state index contributed by atoms with van der Waals surface area (Å²) in [5.41, 5.74) is 1.82. The van der Waals surface area contributed by atoms with Crippen molar-refractivity contribution in [3.05, 3.63) is 60.0 Å². The Labute approximate surface area is 113 Å². The molecule has 3 aromatic rings. The number of aromatic carboxylic acids is 1. The van der Waals surface area contributed by atoms with E-state index in [1.165, 1.54) is 24.4 Å². The van der Waals surface area contributed by atoms with Gasteiger partial charge < -0.3 is 5.11 Å². The normalized spacial score (nSPS) is 10.7. The Morgan fingerprint density at radius 3 is 2.65 bits per heavy atom. The molecular weight excluding hydrogens is 259 g/mol. The van der Waals surface area contributed by atoms with Crippen LogP contribution in [0.15, 0.2) is 48.7 Å². The Morgan fingerprint density at radius 2 is 1.90 bits per heavy atom. The highest BCUT2D eigenvalue weighted by molar-refractivity contribution is 5.92. The van der Waals surface area contributed by atoms with Crippen molar-refractivity contribution >= 4 is 17.0 Å². The van der Waals surface area contributed by atoms with Gasteiger partial charge in [-0.3, -0.25) is 4.98 Å². The number of aromatic nitrogens is 2. The fourth-order valence-electron chi connectivity index (χ4n) is 1.94. The van der Waals surface area contributed by atoms with Crippen LogP contribution in [0.5, 0.6) is 0 Å². The minimum Gasteiger partial charge on any atom is -0.478 e. The molecule has 3 rings (SSSR count). The fourth-order valence-corrected chi connectivity index (χ4v) is 1.94. The first kappa shape index (κ1) is 12.2. The lowest BCUT2D eigenvalue weighted by atomic mass is 10.1. The number of carbonyl (C=O) groups is 1. The first-order valence-corrected chi connectivity index (χ1v) is 5.90. The third-order valence-electron chi connectivity index (χ3n) is 2.94. The van der Waals surface area contributed by atoms with Crippen LogP contribution in [0.3, 0.4) is 0 Å². The van der Waals surface area contributed by atoms with Crippen molar-refractivity contribution in [2.24, 2.45) is 0 Å². The predicted octanol–water partition coefficient (Wildman–Crippen LogP) is 3.13. The molecule has 0 unspecified atom stereocenters. The van der Waals surface area contributed by atoms with Crippen molar-refractivity contribution in [2.45, 2.75) is 0 Å². The minimum absolute atomic E-state index is 0.123. The molecule has 0 aliphatic heterocycles. The average molecular weight is 268 g/mol. The molecule has 0 radical (unpaired) electrons. The van der Waals surface area contributed by atoms with Crippen molar-refractivity contribution in [1.29, 1.82) is 0 Å². The first-order valence-electron chi connectivity index (χ1n) is 5.90. The van der Waals surface area contributed by atoms with Gasteiger partial charge in [0.2, 0.25) is 0 Å². The molecular formula is C15H9FN2O2. The van der Waals surface area contributed by atoms with Gasteiger partial charge in [0, 0.05) is 5.56 Å². The number of fused-ring (bicyclic) bond motifs is 1. The lowest BCUT2D eigenvalue weighted by molar-refractivity contribution is 0.0697. The molecule has 0 bridgehead atoms. The van der Waals surface area contributed by atoms with Crippen LogP contribution in [0.4, 0.5) is 4.39 Å². The van der Waals surface area contributed by atoms with Crippen LogP contribution in [-0.2, 0) is 0 Å². The summed E-state index contributed by atoms with van der Waals surface area (Å²) in [5.74, 6) is -1.43. The number of carboxylic acids is 1. The maximum absolute atomic E-state index is 13.7. The fraction of sp³-hybridized carbons (Fsp3) is 0. The van der Waals surface area contributed by atoms with E-state index in [4.69, 9.17) is 5.11 Å². The SMILES string of the molecule is O=C(O)c1ccc2ncc(-c3ccccc3F)nc2c1. The number of hydrogen-bond donors (Lipinski definition) is 1. The van der Waals surface area contributed by atoms with Gasteiger partial charge in [-0.1, -0.05) is 12.1 Å². The Morgan fingerprint density at radius 1 is 1.10 bits per heavy atom. The van der Waals surface area contributed by atoms with E-state index in [2.05, 4.69) is 9.97 Å². The molecule has 0 aliphatic rings. The molecule has 1 N–H and O–H groups in total. The summed E-state index contributed by atoms with van der Waals surface area (Å²) < 4.78 is 13.7. The maximum atomic E-state index is 13.7. The van der Waals surface area contributed by atoms with Gasteiger partial charge in [0.15, 0.2) is 0 Å². The van der Waals surface area contributed by atoms with Crippen LogP contribution >= 0.6 is 0 Å². The molecule has 2 aromatic carbocycles. The smallest absolute Gasteiger partial charge is 0.335 e. The average Bonchev–Trinajstić information content (AvgIpc) is 2.46. The maximum Gasteiger partial charge on any atom is 0.335 e. The summed E-state index contributed by atoms with van der Waals surface area (Å²) in [5, 5.41) is 8.97. The number of halogens is 1. The number of carboxylic acid groups (broad SMARTS) is 1. The highest BCUT2D eigenvalue weighted by Crippen LogP contribution is 2.22. The van der Waals surface area contributed by atoms with E-state index in [1.807, 2.05) is 0 Å². The number of rotatable bonds is 2. The van der Waals surface area contributed by atoms with Crippen LogP contribution in [0.2, 0.25) is 0 Å². The van der Waals surface area contributed by atoms with Crippen LogP contribution in [0.1, 0.15) is 10.4 Å². The molecule has 0 fully saturated rings. The summed E-state index contributed by atoms with van der Waals surface area (Å²) in [7, 11) is 0. The highest BCUT2D eigenvalue weighted by atomic mass is 19.1. The van der Waals surface area contributed by atoms with Crippen molar-refractivity contribution in [2.75, 3.05) is 0 Å². The van der Waals surface area contributed by atoms with Crippen molar-refractivity contribution < 1.29 is 14.3 Å². The van der Waals surface area contributed by atoms with Gasteiger partial charge in [-0.15, -0.1) is 0 Å². The van der Waals surface area contributed by atoms with Gasteiger partial charge in [-0.2, -0.15) is 0 Å². The van der Waals surface area contributed by atoms with Gasteiger partial charge in [0.05, 0.1) is 28.5 Å². The van der Waals surface area contributed by atoms with Crippen LogP contribution in [-0.4, -0.2) is 21.0 Å². The minimum atomic E-state index is -1.04. The molecule has 0 spiro atoms. The monoisotopic (exact) mass is 268 g/mol. The quantitative estimate of drug-likeness (QED) is 0.775. The molecule has 0 saturated carbocycles. The Kier molecular flexibility index (Phi) is 2.87. The molecule has 4 nitrogen and oxygen atoms in total. The standard InChI is InChI=1S/C15H9FN2O2/c16-11-4-2-1-3-10(11)14-8-17-12-6-5-9(15(19)20)7-13(12)18-14/h1-8H,(H,19,20). The van der Waals surface area contributed by atoms with Gasteiger partial charge >= 0.3 is 5.97 Å². The van der Waals surface area contributed by atoms with Crippen LogP contribution < -0.4 is 0 Å².